The molecule has 0 N–H and O–H groups in total. The van der Waals surface area contributed by atoms with E-state index in [1.54, 1.807) is 12.2 Å². The fourth-order valence-electron chi connectivity index (χ4n) is 5.12. The van der Waals surface area contributed by atoms with Gasteiger partial charge in [-0.1, -0.05) is 122 Å². The number of rotatable bonds is 4. The highest BCUT2D eigenvalue weighted by Crippen LogP contribution is 2.48. The van der Waals surface area contributed by atoms with Gasteiger partial charge in [-0.05, 0) is 69.8 Å². The summed E-state index contributed by atoms with van der Waals surface area (Å²) in [5.74, 6) is 14.2. The third-order valence-corrected chi connectivity index (χ3v) is 10.6. The molecule has 0 fully saturated rings. The molecule has 0 bridgehead atoms. The predicted molar refractivity (Wildman–Crippen MR) is 180 cm³/mol. The Morgan fingerprint density at radius 1 is 0.488 bits per heavy atom. The second-order valence-electron chi connectivity index (χ2n) is 10.5. The van der Waals surface area contributed by atoms with E-state index in [2.05, 4.69) is 85.3 Å². The first-order valence-corrected chi connectivity index (χ1v) is 17.0. The van der Waals surface area contributed by atoms with Crippen LogP contribution in [-0.4, -0.2) is 8.07 Å². The molecule has 0 unspecified atom stereocenters. The zero-order valence-corrected chi connectivity index (χ0v) is 25.1. The summed E-state index contributed by atoms with van der Waals surface area (Å²) in [4.78, 5) is 0. The standard InChI is InChI=1S/C40H28N2Si/c1-43(2)37(27-25-33-21-17-31(18-22-33)11-9-29-41)39(35-13-5-3-6-14-35)40(36-15-7-4-8-16-36)38(43)28-26-34-23-19-32(20-24-34)12-10-30-42/h3-24H,1-2H3/b11-9+,12-10+. The largest absolute Gasteiger partial charge is 0.193 e. The summed E-state index contributed by atoms with van der Waals surface area (Å²) in [6.45, 7) is 4.68. The van der Waals surface area contributed by atoms with Gasteiger partial charge in [0.25, 0.3) is 0 Å². The summed E-state index contributed by atoms with van der Waals surface area (Å²) in [6.07, 6.45) is 6.53. The van der Waals surface area contributed by atoms with Crippen molar-refractivity contribution in [1.82, 2.24) is 0 Å². The molecule has 0 radical (unpaired) electrons. The molecule has 2 nitrogen and oxygen atoms in total. The number of nitrogens with zero attached hydrogens (tertiary/aromatic N) is 2. The van der Waals surface area contributed by atoms with Crippen molar-refractivity contribution in [3.05, 3.63) is 165 Å². The van der Waals surface area contributed by atoms with Gasteiger partial charge in [0.1, 0.15) is 8.07 Å². The number of allylic oxidation sites excluding steroid dienone is 6. The van der Waals surface area contributed by atoms with Crippen LogP contribution in [0.15, 0.2) is 132 Å². The van der Waals surface area contributed by atoms with Gasteiger partial charge in [-0.15, -0.1) is 0 Å². The lowest BCUT2D eigenvalue weighted by atomic mass is 9.91. The molecule has 1 heterocycles. The smallest absolute Gasteiger partial charge is 0.135 e. The zero-order chi connectivity index (χ0) is 30.1. The van der Waals surface area contributed by atoms with E-state index in [-0.39, 0.29) is 0 Å². The second kappa shape index (κ2) is 13.2. The van der Waals surface area contributed by atoms with E-state index >= 15 is 0 Å². The van der Waals surface area contributed by atoms with E-state index in [1.165, 1.54) is 12.2 Å². The minimum Gasteiger partial charge on any atom is -0.193 e. The van der Waals surface area contributed by atoms with Gasteiger partial charge < -0.3 is 0 Å². The van der Waals surface area contributed by atoms with E-state index in [1.807, 2.05) is 72.8 Å². The van der Waals surface area contributed by atoms with Crippen LogP contribution in [0.25, 0.3) is 23.3 Å². The molecule has 0 saturated carbocycles. The van der Waals surface area contributed by atoms with Crippen molar-refractivity contribution in [2.24, 2.45) is 0 Å². The van der Waals surface area contributed by atoms with Crippen LogP contribution < -0.4 is 0 Å². The van der Waals surface area contributed by atoms with Crippen LogP contribution in [0.2, 0.25) is 13.1 Å². The fraction of sp³-hybridized carbons (Fsp3) is 0.0500. The van der Waals surface area contributed by atoms with Crippen LogP contribution >= 0.6 is 0 Å². The Bertz CT molecular complexity index is 1820. The molecule has 0 spiro atoms. The van der Waals surface area contributed by atoms with E-state index < -0.39 is 8.07 Å². The highest BCUT2D eigenvalue weighted by Gasteiger charge is 2.41. The minimum absolute atomic E-state index is 0.921. The summed E-state index contributed by atoms with van der Waals surface area (Å²) in [7, 11) is -2.34. The monoisotopic (exact) mass is 564 g/mol. The zero-order valence-electron chi connectivity index (χ0n) is 24.1. The van der Waals surface area contributed by atoms with Crippen molar-refractivity contribution in [1.29, 1.82) is 10.5 Å². The van der Waals surface area contributed by atoms with Crippen LogP contribution in [0.4, 0.5) is 0 Å². The second-order valence-corrected chi connectivity index (χ2v) is 14.8. The molecule has 0 atom stereocenters. The SMILES string of the molecule is C[Si]1(C)C(C#Cc2ccc(/C=C/C#N)cc2)=C(c2ccccc2)C(c2ccccc2)=C1C#Cc1ccc(/C=C/C#N)cc1. The molecule has 0 amide bonds. The van der Waals surface area contributed by atoms with E-state index in [0.29, 0.717) is 0 Å². The first-order valence-electron chi connectivity index (χ1n) is 14.0. The van der Waals surface area contributed by atoms with Gasteiger partial charge in [0.2, 0.25) is 0 Å². The summed E-state index contributed by atoms with van der Waals surface area (Å²) >= 11 is 0. The number of hydrogen-bond donors (Lipinski definition) is 0. The highest BCUT2D eigenvalue weighted by molar-refractivity contribution is 6.96. The Morgan fingerprint density at radius 3 is 1.21 bits per heavy atom. The molecule has 0 saturated heterocycles. The predicted octanol–water partition coefficient (Wildman–Crippen LogP) is 8.87. The summed E-state index contributed by atoms with van der Waals surface area (Å²) < 4.78 is 0. The Balaban J connectivity index is 1.67. The van der Waals surface area contributed by atoms with E-state index in [4.69, 9.17) is 10.5 Å². The molecule has 202 valence electrons. The average molecular weight is 565 g/mol. The molecule has 4 aromatic carbocycles. The van der Waals surface area contributed by atoms with E-state index in [9.17, 15) is 0 Å². The maximum Gasteiger partial charge on any atom is 0.135 e. The van der Waals surface area contributed by atoms with Gasteiger partial charge in [0.05, 0.1) is 12.1 Å². The lowest BCUT2D eigenvalue weighted by Crippen LogP contribution is -2.29. The Hall–Kier alpha value is -5.84. The normalized spacial score (nSPS) is 13.7. The molecule has 1 aliphatic heterocycles. The lowest BCUT2D eigenvalue weighted by molar-refractivity contribution is 1.53. The van der Waals surface area contributed by atoms with Crippen molar-refractivity contribution in [2.75, 3.05) is 0 Å². The molecular weight excluding hydrogens is 537 g/mol. The van der Waals surface area contributed by atoms with Gasteiger partial charge in [0, 0.05) is 33.7 Å². The average Bonchev–Trinajstić information content (AvgIpc) is 3.27. The fourth-order valence-corrected chi connectivity index (χ4v) is 7.90. The summed E-state index contributed by atoms with van der Waals surface area (Å²) in [5, 5.41) is 20.0. The number of nitriles is 2. The maximum atomic E-state index is 8.84. The topological polar surface area (TPSA) is 47.6 Å². The van der Waals surface area contributed by atoms with E-state index in [0.717, 1.165) is 54.9 Å². The van der Waals surface area contributed by atoms with Crippen LogP contribution in [-0.2, 0) is 0 Å². The molecule has 1 aliphatic rings. The molecule has 0 aromatic heterocycles. The van der Waals surface area contributed by atoms with Crippen molar-refractivity contribution < 1.29 is 0 Å². The van der Waals surface area contributed by atoms with Crippen LogP contribution in [0, 0.1) is 46.3 Å². The van der Waals surface area contributed by atoms with Gasteiger partial charge in [-0.2, -0.15) is 10.5 Å². The third kappa shape index (κ3) is 6.57. The quantitative estimate of drug-likeness (QED) is 0.141. The maximum absolute atomic E-state index is 8.84. The number of benzene rings is 4. The first kappa shape index (κ1) is 28.7. The third-order valence-electron chi connectivity index (χ3n) is 7.31. The van der Waals surface area contributed by atoms with Crippen LogP contribution in [0.3, 0.4) is 0 Å². The molecule has 5 rings (SSSR count). The van der Waals surface area contributed by atoms with Gasteiger partial charge in [-0.3, -0.25) is 0 Å². The molecule has 3 heteroatoms. The van der Waals surface area contributed by atoms with Crippen molar-refractivity contribution >= 4 is 31.4 Å². The molecule has 43 heavy (non-hydrogen) atoms. The molecule has 0 aliphatic carbocycles. The van der Waals surface area contributed by atoms with Gasteiger partial charge in [-0.25, -0.2) is 0 Å². The number of hydrogen-bond acceptors (Lipinski definition) is 2. The van der Waals surface area contributed by atoms with Crippen molar-refractivity contribution in [3.63, 3.8) is 0 Å². The molecular formula is C40H28N2Si. The van der Waals surface area contributed by atoms with Crippen molar-refractivity contribution in [2.45, 2.75) is 13.1 Å². The van der Waals surface area contributed by atoms with Crippen LogP contribution in [0.5, 0.6) is 0 Å². The van der Waals surface area contributed by atoms with Gasteiger partial charge >= 0.3 is 0 Å². The highest BCUT2D eigenvalue weighted by atomic mass is 28.3. The molecule has 4 aromatic rings. The Kier molecular flexibility index (Phi) is 8.81. The Morgan fingerprint density at radius 2 is 0.860 bits per heavy atom. The minimum atomic E-state index is -2.34. The first-order chi connectivity index (χ1) is 21.0. The van der Waals surface area contributed by atoms with Gasteiger partial charge in [0.15, 0.2) is 0 Å². The van der Waals surface area contributed by atoms with Crippen molar-refractivity contribution in [3.8, 4) is 35.8 Å². The summed E-state index contributed by atoms with van der Waals surface area (Å²) in [5.41, 5.74) is 8.35. The van der Waals surface area contributed by atoms with Crippen LogP contribution in [0.1, 0.15) is 33.4 Å². The Labute approximate surface area is 255 Å². The summed E-state index contributed by atoms with van der Waals surface area (Å²) in [6, 6.07) is 41.0. The lowest BCUT2D eigenvalue weighted by Gasteiger charge is -2.18.